The van der Waals surface area contributed by atoms with Crippen molar-refractivity contribution < 1.29 is 39.4 Å². The van der Waals surface area contributed by atoms with E-state index >= 15 is 0 Å². The summed E-state index contributed by atoms with van der Waals surface area (Å²) >= 11 is 0. The van der Waals surface area contributed by atoms with Gasteiger partial charge in [0.25, 0.3) is 5.79 Å². The highest BCUT2D eigenvalue weighted by Gasteiger charge is 2.54. The maximum absolute atomic E-state index is 11.8. The number of aliphatic hydroxyl groups excluding tert-OH is 4. The quantitative estimate of drug-likeness (QED) is 0.328. The highest BCUT2D eigenvalue weighted by molar-refractivity contribution is 5.78. The third-order valence-electron chi connectivity index (χ3n) is 3.37. The Bertz CT molecular complexity index is 340. The van der Waals surface area contributed by atoms with E-state index in [0.29, 0.717) is 0 Å². The monoisotopic (exact) mass is 295 g/mol. The Morgan fingerprint density at radius 3 is 2.55 bits per heavy atom. The van der Waals surface area contributed by atoms with Crippen molar-refractivity contribution in [3.05, 3.63) is 0 Å². The first-order chi connectivity index (χ1) is 9.32. The number of hydrogen-bond acceptors (Lipinski definition) is 9. The molecule has 6 N–H and O–H groups in total. The highest BCUT2D eigenvalue weighted by atomic mass is 16.7. The molecule has 1 saturated heterocycles. The maximum Gasteiger partial charge on any atom is 0.366 e. The van der Waals surface area contributed by atoms with Crippen LogP contribution in [-0.4, -0.2) is 83.5 Å². The standard InChI is InChI=1S/C11H21NO8/c1-18-10(17)11(19-2)3-5(14)7(12)9(20-11)8(16)6(15)4-13/h5-9,13-16H,3-4,12H2,1-2H3/t5-,6+,7+,8+,9+,11?/m1/s1. The lowest BCUT2D eigenvalue weighted by molar-refractivity contribution is -0.302. The second-order valence-electron chi connectivity index (χ2n) is 4.62. The van der Waals surface area contributed by atoms with Crippen molar-refractivity contribution in [3.63, 3.8) is 0 Å². The van der Waals surface area contributed by atoms with Crippen LogP contribution in [-0.2, 0) is 19.0 Å². The summed E-state index contributed by atoms with van der Waals surface area (Å²) in [6, 6.07) is -1.07. The van der Waals surface area contributed by atoms with Crippen LogP contribution < -0.4 is 5.73 Å². The first kappa shape index (κ1) is 17.2. The number of aliphatic hydroxyl groups is 4. The van der Waals surface area contributed by atoms with Gasteiger partial charge in [0.15, 0.2) is 0 Å². The number of methoxy groups -OCH3 is 2. The topological polar surface area (TPSA) is 152 Å². The molecular formula is C11H21NO8. The van der Waals surface area contributed by atoms with E-state index in [2.05, 4.69) is 4.74 Å². The number of esters is 1. The minimum absolute atomic E-state index is 0.282. The van der Waals surface area contributed by atoms with E-state index in [0.717, 1.165) is 7.11 Å². The molecule has 0 spiro atoms. The third-order valence-corrected chi connectivity index (χ3v) is 3.37. The molecule has 0 aliphatic carbocycles. The van der Waals surface area contributed by atoms with Crippen molar-refractivity contribution in [1.82, 2.24) is 0 Å². The minimum atomic E-state index is -1.93. The molecule has 0 aromatic carbocycles. The fourth-order valence-electron chi connectivity index (χ4n) is 2.10. The normalized spacial score (nSPS) is 37.2. The van der Waals surface area contributed by atoms with Gasteiger partial charge in [0.05, 0.1) is 25.9 Å². The third kappa shape index (κ3) is 3.09. The lowest BCUT2D eigenvalue weighted by atomic mass is 9.89. The smallest absolute Gasteiger partial charge is 0.366 e. The van der Waals surface area contributed by atoms with Crippen LogP contribution in [0.4, 0.5) is 0 Å². The zero-order valence-corrected chi connectivity index (χ0v) is 11.3. The molecule has 0 radical (unpaired) electrons. The van der Waals surface area contributed by atoms with E-state index in [1.54, 1.807) is 0 Å². The first-order valence-electron chi connectivity index (χ1n) is 6.05. The summed E-state index contributed by atoms with van der Waals surface area (Å²) in [5.41, 5.74) is 5.70. The molecule has 118 valence electrons. The number of rotatable bonds is 5. The van der Waals surface area contributed by atoms with E-state index in [9.17, 15) is 20.1 Å². The van der Waals surface area contributed by atoms with Crippen LogP contribution in [0.3, 0.4) is 0 Å². The Kier molecular flexibility index (Phi) is 5.83. The first-order valence-corrected chi connectivity index (χ1v) is 6.05. The Labute approximate surface area is 115 Å². The molecule has 0 saturated carbocycles. The summed E-state index contributed by atoms with van der Waals surface area (Å²) in [5, 5.41) is 38.1. The molecule has 0 amide bonds. The molecule has 9 heteroatoms. The van der Waals surface area contributed by atoms with Crippen molar-refractivity contribution in [2.24, 2.45) is 5.73 Å². The van der Waals surface area contributed by atoms with Crippen molar-refractivity contribution >= 4 is 5.97 Å². The molecule has 1 rings (SSSR count). The molecule has 1 aliphatic rings. The minimum Gasteiger partial charge on any atom is -0.465 e. The van der Waals surface area contributed by atoms with Crippen LogP contribution in [0.2, 0.25) is 0 Å². The predicted molar refractivity (Wildman–Crippen MR) is 64.3 cm³/mol. The van der Waals surface area contributed by atoms with Gasteiger partial charge < -0.3 is 40.4 Å². The van der Waals surface area contributed by atoms with Gasteiger partial charge in [-0.25, -0.2) is 4.79 Å². The van der Waals surface area contributed by atoms with Crippen LogP contribution in [0.1, 0.15) is 6.42 Å². The number of hydrogen-bond donors (Lipinski definition) is 5. The van der Waals surface area contributed by atoms with E-state index in [1.165, 1.54) is 7.11 Å². The molecule has 9 nitrogen and oxygen atoms in total. The van der Waals surface area contributed by atoms with Gasteiger partial charge in [0.2, 0.25) is 0 Å². The van der Waals surface area contributed by atoms with E-state index in [1.807, 2.05) is 0 Å². The van der Waals surface area contributed by atoms with Gasteiger partial charge in [-0.1, -0.05) is 0 Å². The number of ether oxygens (including phenoxy) is 3. The average Bonchev–Trinajstić information content (AvgIpc) is 2.47. The molecule has 1 fully saturated rings. The molecule has 1 heterocycles. The van der Waals surface area contributed by atoms with Gasteiger partial charge in [-0.15, -0.1) is 0 Å². The summed E-state index contributed by atoms with van der Waals surface area (Å²) in [4.78, 5) is 11.8. The summed E-state index contributed by atoms with van der Waals surface area (Å²) in [6.07, 6.45) is -5.98. The lowest BCUT2D eigenvalue weighted by Crippen LogP contribution is -2.66. The Balaban J connectivity index is 3.02. The van der Waals surface area contributed by atoms with E-state index in [4.69, 9.17) is 20.3 Å². The Morgan fingerprint density at radius 2 is 2.10 bits per heavy atom. The zero-order chi connectivity index (χ0) is 15.5. The second kappa shape index (κ2) is 6.76. The van der Waals surface area contributed by atoms with Gasteiger partial charge in [0, 0.05) is 13.5 Å². The largest absolute Gasteiger partial charge is 0.465 e. The molecule has 1 unspecified atom stereocenters. The summed E-state index contributed by atoms with van der Waals surface area (Å²) in [6.45, 7) is -0.734. The average molecular weight is 295 g/mol. The molecule has 6 atom stereocenters. The van der Waals surface area contributed by atoms with Crippen LogP contribution in [0.15, 0.2) is 0 Å². The summed E-state index contributed by atoms with van der Waals surface area (Å²) in [7, 11) is 2.29. The van der Waals surface area contributed by atoms with Crippen molar-refractivity contribution in [2.45, 2.75) is 42.7 Å². The SMILES string of the molecule is COC(=O)C1(OC)C[C@@H](O)[C@H](N)[C@@H]([C@@H](O)[C@@H](O)CO)O1. The fraction of sp³-hybridized carbons (Fsp3) is 0.909. The van der Waals surface area contributed by atoms with Crippen molar-refractivity contribution in [3.8, 4) is 0 Å². The van der Waals surface area contributed by atoms with Gasteiger partial charge in [-0.2, -0.15) is 0 Å². The Hall–Kier alpha value is -0.810. The van der Waals surface area contributed by atoms with Gasteiger partial charge in [-0.3, -0.25) is 0 Å². The van der Waals surface area contributed by atoms with Gasteiger partial charge in [0.1, 0.15) is 18.3 Å². The molecule has 0 bridgehead atoms. The fourth-order valence-corrected chi connectivity index (χ4v) is 2.10. The van der Waals surface area contributed by atoms with Gasteiger partial charge >= 0.3 is 5.97 Å². The summed E-state index contributed by atoms with van der Waals surface area (Å²) < 4.78 is 14.9. The van der Waals surface area contributed by atoms with Crippen LogP contribution in [0.5, 0.6) is 0 Å². The second-order valence-corrected chi connectivity index (χ2v) is 4.62. The molecule has 20 heavy (non-hydrogen) atoms. The number of carbonyl (C=O) groups excluding carboxylic acids is 1. The predicted octanol–water partition coefficient (Wildman–Crippen LogP) is -3.31. The van der Waals surface area contributed by atoms with E-state index < -0.39 is 48.8 Å². The maximum atomic E-state index is 11.8. The zero-order valence-electron chi connectivity index (χ0n) is 11.3. The number of carbonyl (C=O) groups is 1. The summed E-state index contributed by atoms with van der Waals surface area (Å²) in [5.74, 6) is -2.83. The molecule has 0 aromatic rings. The molecule has 1 aliphatic heterocycles. The molecule has 0 aromatic heterocycles. The van der Waals surface area contributed by atoms with Crippen LogP contribution in [0, 0.1) is 0 Å². The lowest BCUT2D eigenvalue weighted by Gasteiger charge is -2.45. The van der Waals surface area contributed by atoms with Crippen molar-refractivity contribution in [2.75, 3.05) is 20.8 Å². The molecular weight excluding hydrogens is 274 g/mol. The number of nitrogens with two attached hydrogens (primary N) is 1. The van der Waals surface area contributed by atoms with E-state index in [-0.39, 0.29) is 6.42 Å². The van der Waals surface area contributed by atoms with Crippen LogP contribution in [0.25, 0.3) is 0 Å². The Morgan fingerprint density at radius 1 is 1.50 bits per heavy atom. The van der Waals surface area contributed by atoms with Crippen molar-refractivity contribution in [1.29, 1.82) is 0 Å². The highest BCUT2D eigenvalue weighted by Crippen LogP contribution is 2.32. The van der Waals surface area contributed by atoms with Gasteiger partial charge in [-0.05, 0) is 0 Å². The van der Waals surface area contributed by atoms with Crippen LogP contribution >= 0.6 is 0 Å².